The fraction of sp³-hybridized carbons (Fsp3) is 0.333. The zero-order valence-electron chi connectivity index (χ0n) is 18.5. The van der Waals surface area contributed by atoms with Crippen LogP contribution in [0.2, 0.25) is 10.0 Å². The highest BCUT2D eigenvalue weighted by Crippen LogP contribution is 2.21. The summed E-state index contributed by atoms with van der Waals surface area (Å²) in [6.45, 7) is 0.809. The Morgan fingerprint density at radius 2 is 1.51 bits per heavy atom. The van der Waals surface area contributed by atoms with Crippen LogP contribution in [0.25, 0.3) is 0 Å². The number of nitrogens with two attached hydrogens (primary N) is 1. The molecule has 2 aromatic carbocycles. The lowest BCUT2D eigenvalue weighted by atomic mass is 10.1. The molecule has 0 amide bonds. The van der Waals surface area contributed by atoms with Crippen LogP contribution in [-0.2, 0) is 20.2 Å². The molecule has 0 spiro atoms. The summed E-state index contributed by atoms with van der Waals surface area (Å²) in [4.78, 5) is 4.67. The molecule has 0 radical (unpaired) electrons. The lowest BCUT2D eigenvalue weighted by molar-refractivity contribution is 0.318. The number of guanidine groups is 1. The van der Waals surface area contributed by atoms with Gasteiger partial charge in [0.1, 0.15) is 0 Å². The summed E-state index contributed by atoms with van der Waals surface area (Å²) in [6.07, 6.45) is 1.36. The Morgan fingerprint density at radius 1 is 0.943 bits per heavy atom. The Hall–Kier alpha value is -2.22. The van der Waals surface area contributed by atoms with Crippen LogP contribution >= 0.6 is 23.2 Å². The Bertz CT molecular complexity index is 1340. The van der Waals surface area contributed by atoms with Crippen molar-refractivity contribution in [1.82, 2.24) is 14.0 Å². The highest BCUT2D eigenvalue weighted by atomic mass is 35.5. The fourth-order valence-corrected chi connectivity index (χ4v) is 5.77. The lowest BCUT2D eigenvalue weighted by Crippen LogP contribution is -2.45. The SMILES string of the molecule is NS(=O)(=O)N1CCC(N=C(NS(=O)(=O)c2ccc(Cl)cc2)N2CCC(c3ccc(Cl)cc3)=N2)CC1. The van der Waals surface area contributed by atoms with Gasteiger partial charge in [0.25, 0.3) is 20.2 Å². The smallest absolute Gasteiger partial charge is 0.248 e. The number of sulfonamides is 1. The third kappa shape index (κ3) is 6.51. The number of hydrogen-bond acceptors (Lipinski definition) is 6. The number of benzene rings is 2. The molecule has 0 bridgehead atoms. The molecule has 1 fully saturated rings. The van der Waals surface area contributed by atoms with E-state index in [1.54, 1.807) is 12.1 Å². The van der Waals surface area contributed by atoms with Gasteiger partial charge in [-0.15, -0.1) is 0 Å². The van der Waals surface area contributed by atoms with E-state index in [1.807, 2.05) is 12.1 Å². The predicted molar refractivity (Wildman–Crippen MR) is 136 cm³/mol. The molecule has 1 saturated heterocycles. The van der Waals surface area contributed by atoms with Gasteiger partial charge in [-0.25, -0.2) is 28.3 Å². The molecule has 10 nitrogen and oxygen atoms in total. The number of piperidine rings is 1. The summed E-state index contributed by atoms with van der Waals surface area (Å²) in [7, 11) is -7.76. The summed E-state index contributed by atoms with van der Waals surface area (Å²) >= 11 is 11.9. The van der Waals surface area contributed by atoms with Gasteiger partial charge in [-0.05, 0) is 54.8 Å². The van der Waals surface area contributed by atoms with E-state index in [4.69, 9.17) is 28.3 Å². The van der Waals surface area contributed by atoms with Crippen LogP contribution < -0.4 is 9.86 Å². The monoisotopic (exact) mass is 558 g/mol. The molecule has 14 heteroatoms. The lowest BCUT2D eigenvalue weighted by Gasteiger charge is -2.29. The van der Waals surface area contributed by atoms with Crippen LogP contribution in [0.1, 0.15) is 24.8 Å². The molecule has 0 unspecified atom stereocenters. The van der Waals surface area contributed by atoms with E-state index in [1.165, 1.54) is 33.6 Å². The third-order valence-corrected chi connectivity index (χ3v) is 8.59. The molecule has 0 aliphatic carbocycles. The maximum atomic E-state index is 13.1. The molecule has 2 aliphatic rings. The highest BCUT2D eigenvalue weighted by Gasteiger charge is 2.29. The summed E-state index contributed by atoms with van der Waals surface area (Å²) in [6, 6.07) is 12.7. The topological polar surface area (TPSA) is 138 Å². The molecular weight excluding hydrogens is 535 g/mol. The molecule has 4 rings (SSSR count). The second-order valence-corrected chi connectivity index (χ2v) is 12.2. The molecule has 0 atom stereocenters. The Kier molecular flexibility index (Phi) is 7.69. The van der Waals surface area contributed by atoms with Crippen molar-refractivity contribution in [2.75, 3.05) is 19.6 Å². The van der Waals surface area contributed by atoms with E-state index in [-0.39, 0.29) is 30.0 Å². The number of hydrazone groups is 1. The van der Waals surface area contributed by atoms with Crippen molar-refractivity contribution in [1.29, 1.82) is 0 Å². The fourth-order valence-electron chi connectivity index (χ4n) is 3.79. The molecule has 2 aliphatic heterocycles. The van der Waals surface area contributed by atoms with Gasteiger partial charge in [-0.1, -0.05) is 35.3 Å². The maximum Gasteiger partial charge on any atom is 0.276 e. The number of hydrogen-bond donors (Lipinski definition) is 2. The van der Waals surface area contributed by atoms with E-state index in [2.05, 4.69) is 14.8 Å². The number of nitrogens with zero attached hydrogens (tertiary/aromatic N) is 4. The zero-order valence-corrected chi connectivity index (χ0v) is 21.7. The first-order valence-corrected chi connectivity index (χ1v) is 14.5. The van der Waals surface area contributed by atoms with Crippen molar-refractivity contribution >= 4 is 55.1 Å². The summed E-state index contributed by atoms with van der Waals surface area (Å²) in [5.41, 5.74) is 1.64. The average Bonchev–Trinajstić information content (AvgIpc) is 3.29. The van der Waals surface area contributed by atoms with Crippen LogP contribution in [0.4, 0.5) is 0 Å². The van der Waals surface area contributed by atoms with E-state index < -0.39 is 20.2 Å². The average molecular weight is 560 g/mol. The van der Waals surface area contributed by atoms with Gasteiger partial charge in [0.05, 0.1) is 23.2 Å². The van der Waals surface area contributed by atoms with Crippen molar-refractivity contribution in [2.45, 2.75) is 30.2 Å². The third-order valence-electron chi connectivity index (χ3n) is 5.66. The van der Waals surface area contributed by atoms with Crippen molar-refractivity contribution < 1.29 is 16.8 Å². The quantitative estimate of drug-likeness (QED) is 0.428. The van der Waals surface area contributed by atoms with Gasteiger partial charge in [-0.2, -0.15) is 17.8 Å². The first-order chi connectivity index (χ1) is 16.5. The van der Waals surface area contributed by atoms with Crippen molar-refractivity contribution in [3.8, 4) is 0 Å². The van der Waals surface area contributed by atoms with Gasteiger partial charge >= 0.3 is 0 Å². The summed E-state index contributed by atoms with van der Waals surface area (Å²) in [5, 5.41) is 12.4. The first-order valence-electron chi connectivity index (χ1n) is 10.8. The molecular formula is C21H24Cl2N6O4S2. The minimum atomic E-state index is -3.98. The normalized spacial score (nSPS) is 18.5. The molecule has 188 valence electrons. The van der Waals surface area contributed by atoms with Gasteiger partial charge in [0.2, 0.25) is 5.96 Å². The van der Waals surface area contributed by atoms with Gasteiger partial charge in [0, 0.05) is 29.6 Å². The predicted octanol–water partition coefficient (Wildman–Crippen LogP) is 2.41. The standard InChI is InChI=1S/C21H24Cl2N6O4S2/c22-16-3-1-15(2-4-16)20-11-14-29(26-20)21(25-18-9-12-28(13-10-18)35(24,32)33)27-34(30,31)19-7-5-17(23)6-8-19/h1-8,18H,9-14H2,(H,25,27)(H2,24,32,33). The Morgan fingerprint density at radius 3 is 2.09 bits per heavy atom. The molecule has 0 aromatic heterocycles. The minimum absolute atomic E-state index is 0.0275. The molecule has 3 N–H and O–H groups in total. The highest BCUT2D eigenvalue weighted by molar-refractivity contribution is 7.90. The second kappa shape index (κ2) is 10.4. The number of rotatable bonds is 5. The van der Waals surface area contributed by atoms with Crippen LogP contribution in [-0.4, -0.2) is 63.5 Å². The maximum absolute atomic E-state index is 13.1. The second-order valence-electron chi connectivity index (χ2n) is 8.11. The molecule has 0 saturated carbocycles. The van der Waals surface area contributed by atoms with E-state index in [0.717, 1.165) is 11.3 Å². The Balaban J connectivity index is 1.61. The van der Waals surface area contributed by atoms with Crippen LogP contribution in [0.5, 0.6) is 0 Å². The van der Waals surface area contributed by atoms with E-state index in [9.17, 15) is 16.8 Å². The number of nitrogens with one attached hydrogen (secondary N) is 1. The first kappa shape index (κ1) is 25.9. The number of halogens is 2. The number of aliphatic imine (C=N–C) groups is 1. The van der Waals surface area contributed by atoms with Gasteiger partial charge in [0.15, 0.2) is 0 Å². The molecule has 2 heterocycles. The minimum Gasteiger partial charge on any atom is -0.248 e. The summed E-state index contributed by atoms with van der Waals surface area (Å²) in [5.74, 6) is 0.0676. The summed E-state index contributed by atoms with van der Waals surface area (Å²) < 4.78 is 53.2. The largest absolute Gasteiger partial charge is 0.276 e. The van der Waals surface area contributed by atoms with Crippen molar-refractivity contribution in [2.24, 2.45) is 15.2 Å². The van der Waals surface area contributed by atoms with E-state index in [0.29, 0.717) is 35.9 Å². The van der Waals surface area contributed by atoms with E-state index >= 15 is 0 Å². The van der Waals surface area contributed by atoms with Gasteiger partial charge < -0.3 is 0 Å². The zero-order chi connectivity index (χ0) is 25.2. The molecule has 2 aromatic rings. The Labute approximate surface area is 214 Å². The van der Waals surface area contributed by atoms with Crippen LogP contribution in [0.3, 0.4) is 0 Å². The van der Waals surface area contributed by atoms with Crippen molar-refractivity contribution in [3.63, 3.8) is 0 Å². The van der Waals surface area contributed by atoms with Crippen LogP contribution in [0, 0.1) is 0 Å². The van der Waals surface area contributed by atoms with Crippen molar-refractivity contribution in [3.05, 3.63) is 64.1 Å². The van der Waals surface area contributed by atoms with Crippen LogP contribution in [0.15, 0.2) is 63.5 Å². The molecule has 35 heavy (non-hydrogen) atoms. The van der Waals surface area contributed by atoms with Gasteiger partial charge in [-0.3, -0.25) is 0 Å².